The van der Waals surface area contributed by atoms with Crippen molar-refractivity contribution in [1.82, 2.24) is 15.2 Å². The number of pyridine rings is 1. The predicted octanol–water partition coefficient (Wildman–Crippen LogP) is 4.92. The summed E-state index contributed by atoms with van der Waals surface area (Å²) in [6, 6.07) is 10.9. The van der Waals surface area contributed by atoms with Crippen molar-refractivity contribution in [2.75, 3.05) is 0 Å². The van der Waals surface area contributed by atoms with Gasteiger partial charge >= 0.3 is 12.1 Å². The molecule has 0 saturated heterocycles. The monoisotopic (exact) mass is 428 g/mol. The summed E-state index contributed by atoms with van der Waals surface area (Å²) in [5.74, 6) is -1.31. The maximum Gasteiger partial charge on any atom is 0.416 e. The first kappa shape index (κ1) is 20.0. The molecule has 2 heterocycles. The Kier molecular flexibility index (Phi) is 4.65. The molecule has 0 aliphatic carbocycles. The quantitative estimate of drug-likeness (QED) is 0.352. The first-order valence-corrected chi connectivity index (χ1v) is 8.70. The van der Waals surface area contributed by atoms with Crippen LogP contribution in [-0.2, 0) is 6.18 Å². The Balaban J connectivity index is 1.87. The molecular weight excluding hydrogens is 417 g/mol. The molecule has 0 aliphatic rings. The second-order valence-corrected chi connectivity index (χ2v) is 6.54. The number of halogens is 3. The maximum atomic E-state index is 12.8. The highest BCUT2D eigenvalue weighted by atomic mass is 19.4. The van der Waals surface area contributed by atoms with E-state index in [1.54, 1.807) is 6.07 Å². The number of nitrogens with one attached hydrogen (secondary N) is 1. The Morgan fingerprint density at radius 1 is 1.06 bits per heavy atom. The van der Waals surface area contributed by atoms with E-state index in [0.29, 0.717) is 5.56 Å². The minimum Gasteiger partial charge on any atom is -0.478 e. The van der Waals surface area contributed by atoms with E-state index in [0.717, 1.165) is 12.1 Å². The number of nitro groups is 1. The Morgan fingerprint density at radius 3 is 2.39 bits per heavy atom. The third kappa shape index (κ3) is 3.68. The second kappa shape index (κ2) is 7.20. The van der Waals surface area contributed by atoms with Crippen molar-refractivity contribution >= 4 is 22.7 Å². The number of hydrogen-bond acceptors (Lipinski definition) is 5. The van der Waals surface area contributed by atoms with Gasteiger partial charge in [0.05, 0.1) is 32.8 Å². The lowest BCUT2D eigenvalue weighted by atomic mass is 10.0. The molecule has 0 radical (unpaired) electrons. The minimum atomic E-state index is -4.50. The number of carboxylic acids is 1. The molecule has 0 spiro atoms. The number of carbonyl (C=O) groups is 1. The standard InChI is InChI=1S/C20H11F3N4O4/c21-20(22,23)12-6-4-10(5-7-12)15-9-14(19(28)29)16-17(25-26-18(16)24-15)11-2-1-3-13(8-11)27(30)31/h1-9H,(H,28,29)(H,24,25,26). The Morgan fingerprint density at radius 2 is 1.77 bits per heavy atom. The molecule has 2 aromatic carbocycles. The van der Waals surface area contributed by atoms with E-state index in [4.69, 9.17) is 0 Å². The van der Waals surface area contributed by atoms with Gasteiger partial charge in [-0.15, -0.1) is 0 Å². The number of nitrogens with zero attached hydrogens (tertiary/aromatic N) is 3. The number of carboxylic acid groups (broad SMARTS) is 1. The van der Waals surface area contributed by atoms with Gasteiger partial charge in [0.2, 0.25) is 0 Å². The summed E-state index contributed by atoms with van der Waals surface area (Å²) in [6.07, 6.45) is -4.50. The lowest BCUT2D eigenvalue weighted by molar-refractivity contribution is -0.384. The number of rotatable bonds is 4. The van der Waals surface area contributed by atoms with Gasteiger partial charge in [0.25, 0.3) is 5.69 Å². The highest BCUT2D eigenvalue weighted by Crippen LogP contribution is 2.34. The third-order valence-corrected chi connectivity index (χ3v) is 4.61. The number of hydrogen-bond donors (Lipinski definition) is 2. The van der Waals surface area contributed by atoms with Crippen LogP contribution in [0.4, 0.5) is 18.9 Å². The zero-order valence-corrected chi connectivity index (χ0v) is 15.3. The molecule has 2 aromatic heterocycles. The Labute approximate surface area is 171 Å². The summed E-state index contributed by atoms with van der Waals surface area (Å²) < 4.78 is 38.4. The normalized spacial score (nSPS) is 11.6. The molecule has 0 atom stereocenters. The fraction of sp³-hybridized carbons (Fsp3) is 0.0500. The lowest BCUT2D eigenvalue weighted by Gasteiger charge is -2.08. The molecule has 0 aliphatic heterocycles. The number of aromatic carboxylic acids is 1. The molecule has 0 bridgehead atoms. The number of H-pyrrole nitrogens is 1. The third-order valence-electron chi connectivity index (χ3n) is 4.61. The molecule has 4 aromatic rings. The number of benzene rings is 2. The van der Waals surface area contributed by atoms with Crippen molar-refractivity contribution in [3.05, 3.63) is 75.8 Å². The summed E-state index contributed by atoms with van der Waals surface area (Å²) in [6.45, 7) is 0. The van der Waals surface area contributed by atoms with Crippen molar-refractivity contribution < 1.29 is 28.0 Å². The number of non-ortho nitro benzene ring substituents is 1. The highest BCUT2D eigenvalue weighted by molar-refractivity contribution is 6.08. The lowest BCUT2D eigenvalue weighted by Crippen LogP contribution is -2.04. The number of alkyl halides is 3. The van der Waals surface area contributed by atoms with Crippen LogP contribution in [0.5, 0.6) is 0 Å². The van der Waals surface area contributed by atoms with E-state index >= 15 is 0 Å². The molecule has 0 unspecified atom stereocenters. The van der Waals surface area contributed by atoms with Crippen molar-refractivity contribution in [2.24, 2.45) is 0 Å². The van der Waals surface area contributed by atoms with E-state index in [1.807, 2.05) is 0 Å². The van der Waals surface area contributed by atoms with Crippen LogP contribution < -0.4 is 0 Å². The fourth-order valence-corrected chi connectivity index (χ4v) is 3.15. The molecule has 0 fully saturated rings. The topological polar surface area (TPSA) is 122 Å². The van der Waals surface area contributed by atoms with E-state index < -0.39 is 22.6 Å². The average Bonchev–Trinajstić information content (AvgIpc) is 3.16. The first-order valence-electron chi connectivity index (χ1n) is 8.70. The number of aromatic nitrogens is 3. The fourth-order valence-electron chi connectivity index (χ4n) is 3.15. The molecule has 11 heteroatoms. The van der Waals surface area contributed by atoms with Crippen LogP contribution in [0, 0.1) is 10.1 Å². The van der Waals surface area contributed by atoms with Gasteiger partial charge in [-0.2, -0.15) is 18.3 Å². The Hall–Kier alpha value is -4.28. The van der Waals surface area contributed by atoms with E-state index in [9.17, 15) is 33.2 Å². The van der Waals surface area contributed by atoms with Crippen LogP contribution >= 0.6 is 0 Å². The van der Waals surface area contributed by atoms with Crippen molar-refractivity contribution in [3.8, 4) is 22.5 Å². The molecular formula is C20H11F3N4O4. The Bertz CT molecular complexity index is 1330. The number of aromatic amines is 1. The SMILES string of the molecule is O=C(O)c1cc(-c2ccc(C(F)(F)F)cc2)nc2n[nH]c(-c3cccc([N+](=O)[O-])c3)c12. The van der Waals surface area contributed by atoms with Crippen LogP contribution in [0.15, 0.2) is 54.6 Å². The zero-order chi connectivity index (χ0) is 22.3. The molecule has 0 saturated carbocycles. The van der Waals surface area contributed by atoms with E-state index in [-0.39, 0.29) is 39.2 Å². The molecule has 156 valence electrons. The summed E-state index contributed by atoms with van der Waals surface area (Å²) in [4.78, 5) is 26.6. The smallest absolute Gasteiger partial charge is 0.416 e. The largest absolute Gasteiger partial charge is 0.478 e. The number of fused-ring (bicyclic) bond motifs is 1. The predicted molar refractivity (Wildman–Crippen MR) is 103 cm³/mol. The molecule has 4 rings (SSSR count). The van der Waals surface area contributed by atoms with Crippen LogP contribution in [0.25, 0.3) is 33.5 Å². The van der Waals surface area contributed by atoms with Gasteiger partial charge < -0.3 is 5.11 Å². The second-order valence-electron chi connectivity index (χ2n) is 6.54. The maximum absolute atomic E-state index is 12.8. The van der Waals surface area contributed by atoms with Gasteiger partial charge in [-0.3, -0.25) is 15.2 Å². The number of nitro benzene ring substituents is 1. The van der Waals surface area contributed by atoms with Gasteiger partial charge in [-0.1, -0.05) is 24.3 Å². The molecule has 8 nitrogen and oxygen atoms in total. The minimum absolute atomic E-state index is 0.0105. The molecule has 31 heavy (non-hydrogen) atoms. The summed E-state index contributed by atoms with van der Waals surface area (Å²) in [5.41, 5.74) is -0.264. The van der Waals surface area contributed by atoms with Crippen LogP contribution in [0.1, 0.15) is 15.9 Å². The van der Waals surface area contributed by atoms with Crippen LogP contribution in [-0.4, -0.2) is 31.2 Å². The van der Waals surface area contributed by atoms with Crippen molar-refractivity contribution in [2.45, 2.75) is 6.18 Å². The average molecular weight is 428 g/mol. The van der Waals surface area contributed by atoms with E-state index in [2.05, 4.69) is 15.2 Å². The van der Waals surface area contributed by atoms with E-state index in [1.165, 1.54) is 36.4 Å². The van der Waals surface area contributed by atoms with Gasteiger partial charge in [-0.25, -0.2) is 9.78 Å². The van der Waals surface area contributed by atoms with Crippen LogP contribution in [0.2, 0.25) is 0 Å². The summed E-state index contributed by atoms with van der Waals surface area (Å²) in [5, 5.41) is 27.5. The first-order chi connectivity index (χ1) is 14.6. The van der Waals surface area contributed by atoms with Gasteiger partial charge in [0.1, 0.15) is 0 Å². The summed E-state index contributed by atoms with van der Waals surface area (Å²) >= 11 is 0. The molecule has 0 amide bonds. The van der Waals surface area contributed by atoms with Gasteiger partial charge in [-0.05, 0) is 18.2 Å². The summed E-state index contributed by atoms with van der Waals surface area (Å²) in [7, 11) is 0. The highest BCUT2D eigenvalue weighted by Gasteiger charge is 2.30. The van der Waals surface area contributed by atoms with Crippen molar-refractivity contribution in [1.29, 1.82) is 0 Å². The van der Waals surface area contributed by atoms with Crippen molar-refractivity contribution in [3.63, 3.8) is 0 Å². The molecule has 2 N–H and O–H groups in total. The van der Waals surface area contributed by atoms with Gasteiger partial charge in [0.15, 0.2) is 5.65 Å². The van der Waals surface area contributed by atoms with Crippen LogP contribution in [0.3, 0.4) is 0 Å². The zero-order valence-electron chi connectivity index (χ0n) is 15.3. The van der Waals surface area contributed by atoms with Gasteiger partial charge in [0, 0.05) is 23.3 Å².